The van der Waals surface area contributed by atoms with Crippen LogP contribution in [0.3, 0.4) is 0 Å². The predicted molar refractivity (Wildman–Crippen MR) is 223 cm³/mol. The van der Waals surface area contributed by atoms with Crippen LogP contribution in [0.4, 0.5) is 44.6 Å². The van der Waals surface area contributed by atoms with Gasteiger partial charge in [0.05, 0.1) is 65.7 Å². The Morgan fingerprint density at radius 1 is 0.646 bits per heavy atom. The lowest BCUT2D eigenvalue weighted by molar-refractivity contribution is 0.0696. The number of phenols is 2. The highest BCUT2D eigenvalue weighted by molar-refractivity contribution is 7.91. The monoisotopic (exact) mass is 988 g/mol. The van der Waals surface area contributed by atoms with Crippen LogP contribution < -0.4 is 20.5 Å². The lowest BCUT2D eigenvalue weighted by Gasteiger charge is -2.12. The fraction of sp³-hybridized carbons (Fsp3) is 0.235. The molecular formula is C34H36N8O19S4. The number of rotatable bonds is 20. The molecule has 0 aliphatic heterocycles. The quantitative estimate of drug-likeness (QED) is 0.0433. The van der Waals surface area contributed by atoms with E-state index < -0.39 is 106 Å². The molecular weight excluding hydrogens is 953 g/mol. The Balaban J connectivity index is 1.69. The number of phenolic OH excluding ortho intramolecular Hbond substituents is 2. The van der Waals surface area contributed by atoms with Crippen molar-refractivity contribution in [1.29, 1.82) is 0 Å². The van der Waals surface area contributed by atoms with Crippen molar-refractivity contribution in [2.24, 2.45) is 36.4 Å². The Morgan fingerprint density at radius 2 is 1.11 bits per heavy atom. The van der Waals surface area contributed by atoms with E-state index in [2.05, 4.69) is 44.4 Å². The summed E-state index contributed by atoms with van der Waals surface area (Å²) in [6.45, 7) is 0.951. The third kappa shape index (κ3) is 13.6. The van der Waals surface area contributed by atoms with Gasteiger partial charge in [-0.05, 0) is 61.4 Å². The summed E-state index contributed by atoms with van der Waals surface area (Å²) in [6.07, 6.45) is 0. The second-order valence-corrected chi connectivity index (χ2v) is 19.1. The topological polar surface area (TPSA) is 421 Å². The number of aromatic hydroxyl groups is 2. The second kappa shape index (κ2) is 20.4. The Morgan fingerprint density at radius 3 is 1.55 bits per heavy atom. The number of primary amides is 1. The molecule has 0 aromatic heterocycles. The number of carbonyl (C=O) groups excluding carboxylic acids is 1. The molecule has 0 aliphatic rings. The number of carboxylic acids is 1. The summed E-state index contributed by atoms with van der Waals surface area (Å²) in [5, 5.41) is 57.5. The molecule has 0 fully saturated rings. The zero-order valence-electron chi connectivity index (χ0n) is 33.8. The van der Waals surface area contributed by atoms with Crippen LogP contribution in [0.25, 0.3) is 0 Å². The fourth-order valence-corrected chi connectivity index (χ4v) is 8.92. The Labute approximate surface area is 369 Å². The molecule has 0 saturated carbocycles. The summed E-state index contributed by atoms with van der Waals surface area (Å²) in [6, 6.07) is 7.88. The van der Waals surface area contributed by atoms with E-state index in [9.17, 15) is 58.6 Å². The van der Waals surface area contributed by atoms with Crippen molar-refractivity contribution in [3.8, 4) is 23.0 Å². The molecule has 4 rings (SSSR count). The lowest BCUT2D eigenvalue weighted by atomic mass is 10.1. The number of nitrogens with one attached hydrogen (secondary N) is 1. The predicted octanol–water partition coefficient (Wildman–Crippen LogP) is 5.35. The van der Waals surface area contributed by atoms with Gasteiger partial charge in [0, 0.05) is 12.1 Å². The van der Waals surface area contributed by atoms with Crippen LogP contribution in [0.2, 0.25) is 0 Å². The number of amides is 2. The van der Waals surface area contributed by atoms with Crippen LogP contribution >= 0.6 is 0 Å². The molecule has 0 spiro atoms. The number of methoxy groups -OCH3 is 2. The first-order valence-electron chi connectivity index (χ1n) is 17.5. The van der Waals surface area contributed by atoms with Gasteiger partial charge in [-0.3, -0.25) is 9.11 Å². The van der Waals surface area contributed by atoms with Crippen molar-refractivity contribution in [3.05, 3.63) is 65.2 Å². The third-order valence-corrected chi connectivity index (χ3v) is 12.8. The Kier molecular flexibility index (Phi) is 16.0. The summed E-state index contributed by atoms with van der Waals surface area (Å²) in [5.41, 5.74) is 2.83. The molecule has 0 atom stereocenters. The summed E-state index contributed by atoms with van der Waals surface area (Å²) >= 11 is 0. The van der Waals surface area contributed by atoms with E-state index >= 15 is 0 Å². The molecule has 0 heterocycles. The number of ether oxygens (including phenoxy) is 2. The van der Waals surface area contributed by atoms with Crippen LogP contribution in [0.5, 0.6) is 23.0 Å². The van der Waals surface area contributed by atoms with E-state index in [0.717, 1.165) is 25.3 Å². The fourth-order valence-electron chi connectivity index (χ4n) is 5.40. The van der Waals surface area contributed by atoms with E-state index in [-0.39, 0.29) is 60.9 Å². The number of anilines is 1. The SMILES string of the molecule is COc1cc(S(=O)(=O)CCOS(=O)(=O)O)c(C)cc1N=Nc1ccc(N=Nc2c(O)cc(C(=O)O)c(N=Nc3cc(C)c(S(=O)(=O)CCOS(=O)(=O)O)cc3OC)c2O)cc1NC(N)=O. The molecule has 350 valence electrons. The van der Waals surface area contributed by atoms with Crippen molar-refractivity contribution in [2.45, 2.75) is 23.6 Å². The molecule has 0 saturated heterocycles. The zero-order chi connectivity index (χ0) is 48.7. The van der Waals surface area contributed by atoms with Crippen LogP contribution in [0, 0.1) is 13.8 Å². The smallest absolute Gasteiger partial charge is 0.397 e. The van der Waals surface area contributed by atoms with E-state index in [4.69, 9.17) is 24.3 Å². The minimum absolute atomic E-state index is 0.00351. The van der Waals surface area contributed by atoms with E-state index in [1.165, 1.54) is 45.2 Å². The van der Waals surface area contributed by atoms with Gasteiger partial charge in [0.1, 0.15) is 40.0 Å². The number of carbonyl (C=O) groups is 2. The zero-order valence-corrected chi connectivity index (χ0v) is 37.1. The van der Waals surface area contributed by atoms with Crippen molar-refractivity contribution in [3.63, 3.8) is 0 Å². The van der Waals surface area contributed by atoms with Crippen LogP contribution in [-0.2, 0) is 48.8 Å². The van der Waals surface area contributed by atoms with Gasteiger partial charge < -0.3 is 35.8 Å². The summed E-state index contributed by atoms with van der Waals surface area (Å²) < 4.78 is 131. The molecule has 8 N–H and O–H groups in total. The number of urea groups is 1. The van der Waals surface area contributed by atoms with E-state index in [1.54, 1.807) is 0 Å². The number of aromatic carboxylic acids is 1. The summed E-state index contributed by atoms with van der Waals surface area (Å²) in [7, 11) is -15.9. The molecule has 0 bridgehead atoms. The van der Waals surface area contributed by atoms with Gasteiger partial charge in [0.25, 0.3) is 0 Å². The minimum Gasteiger partial charge on any atom is -0.505 e. The first-order valence-corrected chi connectivity index (χ1v) is 23.5. The molecule has 2 amide bonds. The van der Waals surface area contributed by atoms with Crippen LogP contribution in [-0.4, -0.2) is 109 Å². The van der Waals surface area contributed by atoms with Gasteiger partial charge >= 0.3 is 32.8 Å². The number of azo groups is 3. The summed E-state index contributed by atoms with van der Waals surface area (Å²) in [5.74, 6) is -5.64. The molecule has 65 heavy (non-hydrogen) atoms. The van der Waals surface area contributed by atoms with Gasteiger partial charge in [-0.15, -0.1) is 25.6 Å². The van der Waals surface area contributed by atoms with Crippen LogP contribution in [0.15, 0.2) is 89.0 Å². The van der Waals surface area contributed by atoms with Crippen molar-refractivity contribution in [1.82, 2.24) is 0 Å². The number of nitrogens with two attached hydrogens (primary N) is 1. The first-order chi connectivity index (χ1) is 30.2. The van der Waals surface area contributed by atoms with Crippen LogP contribution in [0.1, 0.15) is 21.5 Å². The average Bonchev–Trinajstić information content (AvgIpc) is 3.18. The Bertz CT molecular complexity index is 3090. The second-order valence-electron chi connectivity index (χ2n) is 12.8. The van der Waals surface area contributed by atoms with Gasteiger partial charge in [-0.25, -0.2) is 34.8 Å². The third-order valence-electron chi connectivity index (χ3n) is 8.28. The number of carboxylic acid groups (broad SMARTS) is 1. The number of nitrogens with zero attached hydrogens (tertiary/aromatic N) is 6. The largest absolute Gasteiger partial charge is 0.505 e. The Hall–Kier alpha value is -6.74. The maximum Gasteiger partial charge on any atom is 0.397 e. The lowest BCUT2D eigenvalue weighted by Crippen LogP contribution is -2.19. The number of aryl methyl sites for hydroxylation is 2. The normalized spacial score (nSPS) is 12.6. The van der Waals surface area contributed by atoms with E-state index in [1.807, 2.05) is 0 Å². The van der Waals surface area contributed by atoms with Gasteiger partial charge in [0.15, 0.2) is 31.1 Å². The van der Waals surface area contributed by atoms with Crippen molar-refractivity contribution >= 4 is 92.3 Å². The number of hydrogen-bond acceptors (Lipinski definition) is 22. The summed E-state index contributed by atoms with van der Waals surface area (Å²) in [4.78, 5) is 23.4. The number of hydrogen-bond donors (Lipinski definition) is 7. The van der Waals surface area contributed by atoms with Gasteiger partial charge in [-0.2, -0.15) is 21.9 Å². The highest BCUT2D eigenvalue weighted by atomic mass is 32.3. The standard InChI is InChI=1S/C34H36N8O19S4/c1-17-11-23(26(58-3)15-28(17)62(48,49)9-7-60-64(52,53)54)39-38-21-6-5-19(13-22(21)36-34(35)47)37-42-31-25(43)14-20(33(45)46)30(32(31)44)41-40-24-12-18(2)29(16-27(24)59-4)63(50,51)10-8-61-65(55,56)57/h5-6,11-16,43-44H,7-10H2,1-4H3,(H,45,46)(H3,35,36,47)(H,52,53,54)(H,55,56,57). The number of sulfone groups is 2. The maximum absolute atomic E-state index is 12.9. The highest BCUT2D eigenvalue weighted by Crippen LogP contribution is 2.47. The average molecular weight is 989 g/mol. The van der Waals surface area contributed by atoms with Crippen molar-refractivity contribution in [2.75, 3.05) is 44.3 Å². The number of benzene rings is 4. The van der Waals surface area contributed by atoms with Gasteiger partial charge in [0.2, 0.25) is 0 Å². The maximum atomic E-state index is 12.9. The van der Waals surface area contributed by atoms with Gasteiger partial charge in [-0.1, -0.05) is 0 Å². The molecule has 0 unspecified atom stereocenters. The van der Waals surface area contributed by atoms with Crippen molar-refractivity contribution < 1.29 is 85.5 Å². The highest BCUT2D eigenvalue weighted by Gasteiger charge is 2.25. The minimum atomic E-state index is -4.92. The molecule has 0 radical (unpaired) electrons. The molecule has 0 aliphatic carbocycles. The molecule has 4 aromatic carbocycles. The van der Waals surface area contributed by atoms with E-state index in [0.29, 0.717) is 6.07 Å². The molecule has 4 aromatic rings. The first kappa shape index (κ1) is 50.9. The molecule has 31 heteroatoms. The molecule has 27 nitrogen and oxygen atoms in total.